The predicted molar refractivity (Wildman–Crippen MR) is 84.1 cm³/mol. The Bertz CT molecular complexity index is 676. The van der Waals surface area contributed by atoms with Crippen LogP contribution >= 0.6 is 0 Å². The van der Waals surface area contributed by atoms with Gasteiger partial charge in [0.15, 0.2) is 0 Å². The highest BCUT2D eigenvalue weighted by atomic mass is 16.7. The molecule has 9 heteroatoms. The number of benzene rings is 1. The van der Waals surface area contributed by atoms with Gasteiger partial charge in [-0.05, 0) is 18.6 Å². The molecule has 3 rings (SSSR count). The van der Waals surface area contributed by atoms with Crippen LogP contribution in [0.1, 0.15) is 19.8 Å². The van der Waals surface area contributed by atoms with Gasteiger partial charge in [0.25, 0.3) is 5.69 Å². The molecule has 0 bridgehead atoms. The van der Waals surface area contributed by atoms with Crippen molar-refractivity contribution in [1.29, 1.82) is 0 Å². The van der Waals surface area contributed by atoms with E-state index in [1.807, 2.05) is 0 Å². The summed E-state index contributed by atoms with van der Waals surface area (Å²) in [5, 5.41) is 13.4. The zero-order chi connectivity index (χ0) is 18.0. The van der Waals surface area contributed by atoms with E-state index in [1.54, 1.807) is 0 Å². The van der Waals surface area contributed by atoms with Gasteiger partial charge in [-0.25, -0.2) is 4.79 Å². The van der Waals surface area contributed by atoms with Gasteiger partial charge < -0.3 is 19.5 Å². The molecule has 9 nitrogen and oxygen atoms in total. The largest absolute Gasteiger partial charge is 0.514 e. The molecule has 1 heterocycles. The summed E-state index contributed by atoms with van der Waals surface area (Å²) in [5.41, 5.74) is -0.0921. The minimum atomic E-state index is -0.866. The van der Waals surface area contributed by atoms with Crippen molar-refractivity contribution in [2.75, 3.05) is 6.61 Å². The summed E-state index contributed by atoms with van der Waals surface area (Å²) in [6.07, 6.45) is -0.123. The number of rotatable bonds is 4. The van der Waals surface area contributed by atoms with E-state index in [9.17, 15) is 19.7 Å². The second-order valence-electron chi connectivity index (χ2n) is 6.16. The van der Waals surface area contributed by atoms with Gasteiger partial charge in [-0.2, -0.15) is 0 Å². The zero-order valence-corrected chi connectivity index (χ0v) is 13.5. The summed E-state index contributed by atoms with van der Waals surface area (Å²) in [6.45, 7) is 1.92. The van der Waals surface area contributed by atoms with Gasteiger partial charge in [-0.15, -0.1) is 0 Å². The molecule has 1 aliphatic heterocycles. The van der Waals surface area contributed by atoms with Crippen LogP contribution < -0.4 is 10.1 Å². The van der Waals surface area contributed by atoms with E-state index in [2.05, 4.69) is 5.32 Å². The van der Waals surface area contributed by atoms with Crippen molar-refractivity contribution >= 4 is 17.7 Å². The first-order valence-electron chi connectivity index (χ1n) is 7.94. The normalized spacial score (nSPS) is 27.4. The highest BCUT2D eigenvalue weighted by Crippen LogP contribution is 2.37. The van der Waals surface area contributed by atoms with Crippen LogP contribution in [0.3, 0.4) is 0 Å². The van der Waals surface area contributed by atoms with Crippen LogP contribution in [0.15, 0.2) is 24.3 Å². The van der Waals surface area contributed by atoms with Crippen LogP contribution in [0.4, 0.5) is 10.5 Å². The van der Waals surface area contributed by atoms with Crippen molar-refractivity contribution in [3.63, 3.8) is 0 Å². The summed E-state index contributed by atoms with van der Waals surface area (Å²) in [4.78, 5) is 33.1. The molecule has 1 amide bonds. The van der Waals surface area contributed by atoms with Crippen LogP contribution in [0.5, 0.6) is 5.75 Å². The molecule has 0 unspecified atom stereocenters. The standard InChI is InChI=1S/C16H18N2O7/c1-9(19)17-14-8-23-15-7-12(6-13(14)15)25-16(20)24-11-4-2-10(3-5-11)18(21)22/h2-5,12-15H,6-8H2,1H3,(H,17,19)/t12-,13-,14-,15-/m1/s1. The fourth-order valence-corrected chi connectivity index (χ4v) is 3.35. The van der Waals surface area contributed by atoms with Gasteiger partial charge in [0, 0.05) is 31.4 Å². The Hall–Kier alpha value is -2.68. The molecule has 2 fully saturated rings. The quantitative estimate of drug-likeness (QED) is 0.381. The zero-order valence-electron chi connectivity index (χ0n) is 13.5. The van der Waals surface area contributed by atoms with Crippen molar-refractivity contribution in [2.45, 2.75) is 38.0 Å². The predicted octanol–water partition coefficient (Wildman–Crippen LogP) is 1.79. The highest BCUT2D eigenvalue weighted by Gasteiger charge is 2.46. The maximum Gasteiger partial charge on any atom is 0.514 e. The molecule has 1 aromatic carbocycles. The molecular weight excluding hydrogens is 332 g/mol. The number of ether oxygens (including phenoxy) is 3. The van der Waals surface area contributed by atoms with Crippen LogP contribution in [0.2, 0.25) is 0 Å². The molecule has 1 N–H and O–H groups in total. The second-order valence-corrected chi connectivity index (χ2v) is 6.16. The number of nitrogens with zero attached hydrogens (tertiary/aromatic N) is 1. The van der Waals surface area contributed by atoms with Gasteiger partial charge >= 0.3 is 6.16 Å². The number of hydrogen-bond donors (Lipinski definition) is 1. The summed E-state index contributed by atoms with van der Waals surface area (Å²) in [5.74, 6) is 0.165. The van der Waals surface area contributed by atoms with Crippen molar-refractivity contribution in [3.05, 3.63) is 34.4 Å². The van der Waals surface area contributed by atoms with Gasteiger partial charge in [-0.1, -0.05) is 0 Å². The van der Waals surface area contributed by atoms with E-state index < -0.39 is 11.1 Å². The minimum Gasteiger partial charge on any atom is -0.431 e. The van der Waals surface area contributed by atoms with Gasteiger partial charge in [0.2, 0.25) is 5.91 Å². The molecule has 1 saturated carbocycles. The Morgan fingerprint density at radius 2 is 2.00 bits per heavy atom. The lowest BCUT2D eigenvalue weighted by molar-refractivity contribution is -0.384. The third-order valence-corrected chi connectivity index (χ3v) is 4.41. The number of hydrogen-bond acceptors (Lipinski definition) is 7. The molecule has 1 aromatic rings. The Morgan fingerprint density at radius 1 is 1.28 bits per heavy atom. The van der Waals surface area contributed by atoms with Crippen molar-refractivity contribution in [3.8, 4) is 5.75 Å². The number of carbonyl (C=O) groups excluding carboxylic acids is 2. The lowest BCUT2D eigenvalue weighted by Gasteiger charge is -2.17. The van der Waals surface area contributed by atoms with E-state index in [0.29, 0.717) is 19.4 Å². The SMILES string of the molecule is CC(=O)N[C@@H]1CO[C@@H]2C[C@H](OC(=O)Oc3ccc([N+](=O)[O-])cc3)C[C@H]12. The van der Waals surface area contributed by atoms with Gasteiger partial charge in [-0.3, -0.25) is 14.9 Å². The van der Waals surface area contributed by atoms with E-state index in [4.69, 9.17) is 14.2 Å². The minimum absolute atomic E-state index is 0.0472. The Morgan fingerprint density at radius 3 is 2.64 bits per heavy atom. The number of nitro groups is 1. The first kappa shape index (κ1) is 17.2. The molecule has 1 saturated heterocycles. The summed E-state index contributed by atoms with van der Waals surface area (Å²) in [6, 6.07) is 5.09. The Labute approximate surface area is 143 Å². The van der Waals surface area contributed by atoms with E-state index in [0.717, 1.165) is 0 Å². The molecule has 1 aliphatic carbocycles. The summed E-state index contributed by atoms with van der Waals surface area (Å²) >= 11 is 0. The number of non-ortho nitro benzene ring substituents is 1. The van der Waals surface area contributed by atoms with Gasteiger partial charge in [0.05, 0.1) is 23.7 Å². The fourth-order valence-electron chi connectivity index (χ4n) is 3.35. The third-order valence-electron chi connectivity index (χ3n) is 4.41. The lowest BCUT2D eigenvalue weighted by atomic mass is 9.99. The Kier molecular flexibility index (Phi) is 4.84. The molecule has 25 heavy (non-hydrogen) atoms. The van der Waals surface area contributed by atoms with Crippen LogP contribution in [-0.2, 0) is 14.3 Å². The molecule has 0 spiro atoms. The van der Waals surface area contributed by atoms with Crippen molar-refractivity contribution in [1.82, 2.24) is 5.32 Å². The molecule has 0 aromatic heterocycles. The first-order valence-corrected chi connectivity index (χ1v) is 7.94. The molecule has 4 atom stereocenters. The van der Waals surface area contributed by atoms with E-state index in [1.165, 1.54) is 31.2 Å². The summed E-state index contributed by atoms with van der Waals surface area (Å²) < 4.78 is 16.0. The van der Waals surface area contributed by atoms with Crippen LogP contribution in [0.25, 0.3) is 0 Å². The fraction of sp³-hybridized carbons (Fsp3) is 0.500. The second kappa shape index (κ2) is 7.06. The average molecular weight is 350 g/mol. The smallest absolute Gasteiger partial charge is 0.431 e. The van der Waals surface area contributed by atoms with Crippen molar-refractivity contribution < 1.29 is 28.7 Å². The number of fused-ring (bicyclic) bond motifs is 1. The van der Waals surface area contributed by atoms with Crippen molar-refractivity contribution in [2.24, 2.45) is 5.92 Å². The molecule has 2 aliphatic rings. The average Bonchev–Trinajstić information content (AvgIpc) is 3.09. The van der Waals surface area contributed by atoms with Gasteiger partial charge in [0.1, 0.15) is 11.9 Å². The number of amides is 1. The topological polar surface area (TPSA) is 117 Å². The van der Waals surface area contributed by atoms with E-state index in [-0.39, 0.29) is 41.5 Å². The number of nitro benzene ring substituents is 1. The third kappa shape index (κ3) is 4.05. The van der Waals surface area contributed by atoms with Crippen LogP contribution in [-0.4, -0.2) is 41.8 Å². The lowest BCUT2D eigenvalue weighted by Crippen LogP contribution is -2.39. The summed E-state index contributed by atoms with van der Waals surface area (Å²) in [7, 11) is 0. The maximum absolute atomic E-state index is 11.9. The first-order chi connectivity index (χ1) is 11.9. The highest BCUT2D eigenvalue weighted by molar-refractivity contribution is 5.73. The monoisotopic (exact) mass is 350 g/mol. The Balaban J connectivity index is 1.51. The number of carbonyl (C=O) groups is 2. The van der Waals surface area contributed by atoms with E-state index >= 15 is 0 Å². The van der Waals surface area contributed by atoms with Crippen LogP contribution in [0, 0.1) is 16.0 Å². The molecule has 134 valence electrons. The molecular formula is C16H18N2O7. The molecule has 0 radical (unpaired) electrons. The maximum atomic E-state index is 11.9. The number of nitrogens with one attached hydrogen (secondary N) is 1.